The van der Waals surface area contributed by atoms with Crippen LogP contribution < -0.4 is 4.90 Å². The molecule has 3 aliphatic rings. The number of hydrogen-bond acceptors (Lipinski definition) is 5. The summed E-state index contributed by atoms with van der Waals surface area (Å²) in [5.74, 6) is 0.710. The molecule has 0 bridgehead atoms. The molecular formula is C19H27N3O3. The van der Waals surface area contributed by atoms with E-state index in [1.165, 1.54) is 6.42 Å². The summed E-state index contributed by atoms with van der Waals surface area (Å²) in [6.07, 6.45) is 3.57. The van der Waals surface area contributed by atoms with Crippen molar-refractivity contribution in [3.8, 4) is 0 Å². The van der Waals surface area contributed by atoms with Gasteiger partial charge in [-0.05, 0) is 45.4 Å². The number of pyridine rings is 1. The van der Waals surface area contributed by atoms with E-state index in [4.69, 9.17) is 14.5 Å². The molecule has 0 radical (unpaired) electrons. The Hall–Kier alpha value is -1.66. The summed E-state index contributed by atoms with van der Waals surface area (Å²) in [4.78, 5) is 21.5. The van der Waals surface area contributed by atoms with Crippen molar-refractivity contribution in [2.24, 2.45) is 0 Å². The molecular weight excluding hydrogens is 318 g/mol. The van der Waals surface area contributed by atoms with Gasteiger partial charge in [0.25, 0.3) is 0 Å². The molecule has 0 saturated carbocycles. The first-order valence-electron chi connectivity index (χ1n) is 9.39. The molecule has 6 nitrogen and oxygen atoms in total. The van der Waals surface area contributed by atoms with Crippen LogP contribution in [0.2, 0.25) is 0 Å². The van der Waals surface area contributed by atoms with Crippen LogP contribution >= 0.6 is 0 Å². The second-order valence-electron chi connectivity index (χ2n) is 7.66. The van der Waals surface area contributed by atoms with Crippen molar-refractivity contribution in [2.45, 2.75) is 57.2 Å². The van der Waals surface area contributed by atoms with Crippen molar-refractivity contribution in [1.29, 1.82) is 0 Å². The number of anilines is 1. The Labute approximate surface area is 149 Å². The highest BCUT2D eigenvalue weighted by molar-refractivity contribution is 5.89. The number of carbonyl (C=O) groups is 1. The molecule has 3 saturated heterocycles. The largest absolute Gasteiger partial charge is 0.440 e. The minimum Gasteiger partial charge on any atom is -0.440 e. The number of likely N-dealkylation sites (tertiary alicyclic amines) is 1. The lowest BCUT2D eigenvalue weighted by atomic mass is 9.94. The number of hydrogen-bond donors (Lipinski definition) is 0. The summed E-state index contributed by atoms with van der Waals surface area (Å²) in [6.45, 7) is 7.46. The van der Waals surface area contributed by atoms with E-state index in [0.29, 0.717) is 37.7 Å². The Morgan fingerprint density at radius 3 is 2.84 bits per heavy atom. The molecule has 136 valence electrons. The van der Waals surface area contributed by atoms with Gasteiger partial charge in [0, 0.05) is 18.9 Å². The third-order valence-corrected chi connectivity index (χ3v) is 5.71. The molecule has 25 heavy (non-hydrogen) atoms. The molecule has 1 atom stereocenters. The van der Waals surface area contributed by atoms with Crippen LogP contribution in [0.4, 0.5) is 10.6 Å². The lowest BCUT2D eigenvalue weighted by Gasteiger charge is -2.30. The van der Waals surface area contributed by atoms with Gasteiger partial charge in [0.15, 0.2) is 0 Å². The monoisotopic (exact) mass is 345 g/mol. The molecule has 0 aliphatic carbocycles. The third kappa shape index (κ3) is 3.13. The quantitative estimate of drug-likeness (QED) is 0.842. The highest BCUT2D eigenvalue weighted by atomic mass is 16.6. The lowest BCUT2D eigenvalue weighted by Crippen LogP contribution is -2.40. The highest BCUT2D eigenvalue weighted by Gasteiger charge is 2.47. The first kappa shape index (κ1) is 16.8. The van der Waals surface area contributed by atoms with E-state index < -0.39 is 5.60 Å². The summed E-state index contributed by atoms with van der Waals surface area (Å²) < 4.78 is 11.2. The van der Waals surface area contributed by atoms with E-state index in [9.17, 15) is 4.79 Å². The maximum Gasteiger partial charge on any atom is 0.416 e. The van der Waals surface area contributed by atoms with Gasteiger partial charge in [-0.25, -0.2) is 9.78 Å². The second kappa shape index (κ2) is 6.57. The fourth-order valence-electron chi connectivity index (χ4n) is 4.30. The second-order valence-corrected chi connectivity index (χ2v) is 7.66. The zero-order chi connectivity index (χ0) is 17.4. The smallest absolute Gasteiger partial charge is 0.416 e. The fraction of sp³-hybridized carbons (Fsp3) is 0.684. The number of amides is 1. The minimum absolute atomic E-state index is 0.279. The molecule has 4 heterocycles. The zero-order valence-corrected chi connectivity index (χ0v) is 15.1. The van der Waals surface area contributed by atoms with Crippen molar-refractivity contribution in [1.82, 2.24) is 9.88 Å². The Kier molecular flexibility index (Phi) is 4.41. The molecule has 6 heteroatoms. The van der Waals surface area contributed by atoms with Gasteiger partial charge < -0.3 is 9.47 Å². The standard InChI is InChI=1S/C19H27N3O3/c1-14(2)21-10-4-6-16(21)15-5-3-7-17(20-15)22-13-19(25-18(22)23)8-11-24-12-9-19/h3,5,7,14,16H,4,6,8-13H2,1-2H3. The van der Waals surface area contributed by atoms with E-state index >= 15 is 0 Å². The normalized spacial score (nSPS) is 26.6. The van der Waals surface area contributed by atoms with Crippen LogP contribution in [-0.4, -0.2) is 53.9 Å². The molecule has 0 aromatic carbocycles. The maximum absolute atomic E-state index is 12.5. The maximum atomic E-state index is 12.5. The van der Waals surface area contributed by atoms with Gasteiger partial charge >= 0.3 is 6.09 Å². The number of nitrogens with zero attached hydrogens (tertiary/aromatic N) is 3. The Morgan fingerprint density at radius 1 is 1.28 bits per heavy atom. The van der Waals surface area contributed by atoms with E-state index in [1.54, 1.807) is 4.90 Å². The topological polar surface area (TPSA) is 54.9 Å². The molecule has 1 amide bonds. The molecule has 1 unspecified atom stereocenters. The van der Waals surface area contributed by atoms with Crippen molar-refractivity contribution in [3.05, 3.63) is 23.9 Å². The van der Waals surface area contributed by atoms with Crippen molar-refractivity contribution < 1.29 is 14.3 Å². The molecule has 1 aromatic rings. The lowest BCUT2D eigenvalue weighted by molar-refractivity contribution is -0.0431. The van der Waals surface area contributed by atoms with Gasteiger partial charge in [-0.2, -0.15) is 0 Å². The van der Waals surface area contributed by atoms with Crippen LogP contribution in [0.15, 0.2) is 18.2 Å². The number of aromatic nitrogens is 1. The number of carbonyl (C=O) groups excluding carboxylic acids is 1. The number of rotatable bonds is 3. The number of ether oxygens (including phenoxy) is 2. The van der Waals surface area contributed by atoms with Crippen molar-refractivity contribution in [2.75, 3.05) is 31.2 Å². The zero-order valence-electron chi connectivity index (χ0n) is 15.1. The van der Waals surface area contributed by atoms with Gasteiger partial charge in [-0.1, -0.05) is 6.07 Å². The summed E-state index contributed by atoms with van der Waals surface area (Å²) in [6, 6.07) is 6.85. The minimum atomic E-state index is -0.398. The average Bonchev–Trinajstić information content (AvgIpc) is 3.21. The predicted octanol–water partition coefficient (Wildman–Crippen LogP) is 3.13. The molecule has 3 fully saturated rings. The van der Waals surface area contributed by atoms with Crippen molar-refractivity contribution >= 4 is 11.9 Å². The van der Waals surface area contributed by atoms with Gasteiger partial charge in [0.05, 0.1) is 31.5 Å². The highest BCUT2D eigenvalue weighted by Crippen LogP contribution is 2.36. The van der Waals surface area contributed by atoms with Crippen molar-refractivity contribution in [3.63, 3.8) is 0 Å². The predicted molar refractivity (Wildman–Crippen MR) is 94.7 cm³/mol. The Morgan fingerprint density at radius 2 is 2.08 bits per heavy atom. The van der Waals surface area contributed by atoms with Crippen LogP contribution in [0.5, 0.6) is 0 Å². The van der Waals surface area contributed by atoms with E-state index in [1.807, 2.05) is 12.1 Å². The first-order chi connectivity index (χ1) is 12.1. The molecule has 1 spiro atoms. The summed E-state index contributed by atoms with van der Waals surface area (Å²) in [7, 11) is 0. The Bertz CT molecular complexity index is 643. The fourth-order valence-corrected chi connectivity index (χ4v) is 4.30. The average molecular weight is 345 g/mol. The van der Waals surface area contributed by atoms with Gasteiger partial charge in [-0.15, -0.1) is 0 Å². The van der Waals surface area contributed by atoms with Gasteiger partial charge in [0.2, 0.25) is 0 Å². The molecule has 4 rings (SSSR count). The van der Waals surface area contributed by atoms with Crippen LogP contribution in [0.3, 0.4) is 0 Å². The van der Waals surface area contributed by atoms with E-state index in [-0.39, 0.29) is 6.09 Å². The SMILES string of the molecule is CC(C)N1CCCC1c1cccc(N2CC3(CCOCC3)OC2=O)n1. The van der Waals surface area contributed by atoms with Crippen LogP contribution in [-0.2, 0) is 9.47 Å². The van der Waals surface area contributed by atoms with E-state index in [2.05, 4.69) is 24.8 Å². The first-order valence-corrected chi connectivity index (χ1v) is 9.39. The molecule has 0 N–H and O–H groups in total. The third-order valence-electron chi connectivity index (χ3n) is 5.71. The van der Waals surface area contributed by atoms with Crippen LogP contribution in [0, 0.1) is 0 Å². The van der Waals surface area contributed by atoms with Crippen LogP contribution in [0.1, 0.15) is 51.3 Å². The van der Waals surface area contributed by atoms with E-state index in [0.717, 1.165) is 31.5 Å². The molecule has 1 aromatic heterocycles. The van der Waals surface area contributed by atoms with Gasteiger partial charge in [0.1, 0.15) is 11.4 Å². The molecule has 3 aliphatic heterocycles. The van der Waals surface area contributed by atoms with Gasteiger partial charge in [-0.3, -0.25) is 9.80 Å². The summed E-state index contributed by atoms with van der Waals surface area (Å²) in [5.41, 5.74) is 0.661. The summed E-state index contributed by atoms with van der Waals surface area (Å²) in [5, 5.41) is 0. The Balaban J connectivity index is 1.56. The van der Waals surface area contributed by atoms with Crippen LogP contribution in [0.25, 0.3) is 0 Å². The summed E-state index contributed by atoms with van der Waals surface area (Å²) >= 11 is 0.